The molecule has 0 amide bonds. The predicted octanol–water partition coefficient (Wildman–Crippen LogP) is 1.25. The van der Waals surface area contributed by atoms with Gasteiger partial charge in [-0.1, -0.05) is 6.92 Å². The van der Waals surface area contributed by atoms with E-state index in [4.69, 9.17) is 5.73 Å². The number of nitrogen functional groups attached to an aromatic ring is 1. The second-order valence-electron chi connectivity index (χ2n) is 6.02. The van der Waals surface area contributed by atoms with Gasteiger partial charge in [-0.3, -0.25) is 4.79 Å². The summed E-state index contributed by atoms with van der Waals surface area (Å²) in [5, 5.41) is 0. The van der Waals surface area contributed by atoms with Gasteiger partial charge in [-0.05, 0) is 18.2 Å². The number of nitrogens with zero attached hydrogens (tertiary/aromatic N) is 4. The first-order valence-electron chi connectivity index (χ1n) is 8.16. The lowest BCUT2D eigenvalue weighted by atomic mass is 10.3. The Hall–Kier alpha value is -3.09. The van der Waals surface area contributed by atoms with Crippen molar-refractivity contribution in [3.05, 3.63) is 34.2 Å². The van der Waals surface area contributed by atoms with E-state index in [1.165, 1.54) is 26.1 Å². The van der Waals surface area contributed by atoms with E-state index in [9.17, 15) is 26.4 Å². The van der Waals surface area contributed by atoms with E-state index in [0.717, 1.165) is 11.7 Å². The summed E-state index contributed by atoms with van der Waals surface area (Å²) in [5.74, 6) is -0.393. The molecule has 0 aliphatic rings. The number of halogens is 3. The number of rotatable bonds is 4. The maximum absolute atomic E-state index is 13.3. The van der Waals surface area contributed by atoms with E-state index in [1.807, 2.05) is 0 Å². The summed E-state index contributed by atoms with van der Waals surface area (Å²) in [7, 11) is -1.49. The SMILES string of the molecule is CCS(=O)(=O)c1ccc(N)nc1-c1nc2cc(C(F)(F)F)n(OC)c(=O)c2n1C. The number of imidazole rings is 1. The summed E-state index contributed by atoms with van der Waals surface area (Å²) in [6, 6.07) is 3.17. The minimum Gasteiger partial charge on any atom is -0.413 e. The fourth-order valence-electron chi connectivity index (χ4n) is 2.89. The van der Waals surface area contributed by atoms with Crippen molar-refractivity contribution in [1.29, 1.82) is 0 Å². The van der Waals surface area contributed by atoms with Crippen LogP contribution in [0.4, 0.5) is 19.0 Å². The molecule has 0 aromatic carbocycles. The molecule has 0 radical (unpaired) electrons. The zero-order valence-corrected chi connectivity index (χ0v) is 16.3. The number of pyridine rings is 2. The van der Waals surface area contributed by atoms with Crippen molar-refractivity contribution in [3.8, 4) is 11.5 Å². The molecule has 3 rings (SSSR count). The molecule has 3 aromatic heterocycles. The molecule has 0 aliphatic heterocycles. The first-order chi connectivity index (χ1) is 13.4. The van der Waals surface area contributed by atoms with Gasteiger partial charge in [0.15, 0.2) is 21.4 Å². The van der Waals surface area contributed by atoms with Crippen LogP contribution in [0.3, 0.4) is 0 Å². The highest BCUT2D eigenvalue weighted by atomic mass is 32.2. The molecule has 9 nitrogen and oxygen atoms in total. The predicted molar refractivity (Wildman–Crippen MR) is 97.9 cm³/mol. The lowest BCUT2D eigenvalue weighted by Crippen LogP contribution is -2.32. The standard InChI is InChI=1S/C16H16F3N5O4S/c1-4-29(26,27)9-5-6-11(20)22-12(9)14-21-8-7-10(16(17,18)19)24(28-3)15(25)13(8)23(14)2/h5-7H,4H2,1-3H3,(H2,20,22). The number of hydrogen-bond donors (Lipinski definition) is 1. The van der Waals surface area contributed by atoms with Gasteiger partial charge in [-0.15, -0.1) is 4.73 Å². The smallest absolute Gasteiger partial charge is 0.413 e. The number of aryl methyl sites for hydroxylation is 1. The molecule has 0 saturated heterocycles. The largest absolute Gasteiger partial charge is 0.435 e. The summed E-state index contributed by atoms with van der Waals surface area (Å²) < 4.78 is 66.1. The number of alkyl halides is 3. The molecule has 0 unspecified atom stereocenters. The average molecular weight is 431 g/mol. The normalized spacial score (nSPS) is 12.5. The summed E-state index contributed by atoms with van der Waals surface area (Å²) in [6.07, 6.45) is -4.88. The van der Waals surface area contributed by atoms with Gasteiger partial charge in [0.05, 0.1) is 16.2 Å². The number of sulfone groups is 1. The van der Waals surface area contributed by atoms with Crippen LogP contribution in [-0.2, 0) is 23.1 Å². The first kappa shape index (κ1) is 20.6. The second-order valence-corrected chi connectivity index (χ2v) is 8.27. The summed E-state index contributed by atoms with van der Waals surface area (Å²) in [5.41, 5.74) is 2.52. The molecule has 3 aromatic rings. The Morgan fingerprint density at radius 3 is 2.45 bits per heavy atom. The molecule has 13 heteroatoms. The molecule has 2 N–H and O–H groups in total. The highest BCUT2D eigenvalue weighted by Crippen LogP contribution is 2.32. The topological polar surface area (TPSA) is 122 Å². The quantitative estimate of drug-likeness (QED) is 0.660. The van der Waals surface area contributed by atoms with Crippen LogP contribution in [0, 0.1) is 0 Å². The molecule has 156 valence electrons. The molecule has 0 fully saturated rings. The van der Waals surface area contributed by atoms with E-state index in [1.54, 1.807) is 0 Å². The zero-order valence-electron chi connectivity index (χ0n) is 15.5. The van der Waals surface area contributed by atoms with Crippen LogP contribution in [0.1, 0.15) is 12.6 Å². The fourth-order valence-corrected chi connectivity index (χ4v) is 3.90. The van der Waals surface area contributed by atoms with Gasteiger partial charge in [0.1, 0.15) is 24.1 Å². The van der Waals surface area contributed by atoms with Crippen molar-refractivity contribution >= 4 is 26.7 Å². The Bertz CT molecular complexity index is 1280. The van der Waals surface area contributed by atoms with E-state index < -0.39 is 27.3 Å². The van der Waals surface area contributed by atoms with Crippen LogP contribution < -0.4 is 16.1 Å². The van der Waals surface area contributed by atoms with Gasteiger partial charge in [0, 0.05) is 7.05 Å². The summed E-state index contributed by atoms with van der Waals surface area (Å²) >= 11 is 0. The van der Waals surface area contributed by atoms with Crippen LogP contribution in [0.2, 0.25) is 0 Å². The van der Waals surface area contributed by atoms with Crippen molar-refractivity contribution < 1.29 is 26.4 Å². The maximum Gasteiger partial charge on any atom is 0.435 e. The highest BCUT2D eigenvalue weighted by molar-refractivity contribution is 7.91. The van der Waals surface area contributed by atoms with Crippen molar-refractivity contribution in [2.75, 3.05) is 18.6 Å². The number of hydrogen-bond acceptors (Lipinski definition) is 7. The van der Waals surface area contributed by atoms with Crippen molar-refractivity contribution in [2.24, 2.45) is 7.05 Å². The van der Waals surface area contributed by atoms with Gasteiger partial charge in [-0.25, -0.2) is 18.4 Å². The Morgan fingerprint density at radius 1 is 1.24 bits per heavy atom. The molecule has 0 saturated carbocycles. The molecular weight excluding hydrogens is 415 g/mol. The molecule has 3 heterocycles. The number of anilines is 1. The van der Waals surface area contributed by atoms with Crippen LogP contribution in [0.15, 0.2) is 27.9 Å². The van der Waals surface area contributed by atoms with Crippen LogP contribution in [0.5, 0.6) is 0 Å². The fraction of sp³-hybridized carbons (Fsp3) is 0.312. The van der Waals surface area contributed by atoms with E-state index >= 15 is 0 Å². The van der Waals surface area contributed by atoms with Crippen LogP contribution in [-0.4, -0.2) is 40.5 Å². The van der Waals surface area contributed by atoms with Crippen LogP contribution >= 0.6 is 0 Å². The number of fused-ring (bicyclic) bond motifs is 1. The first-order valence-corrected chi connectivity index (χ1v) is 9.81. The molecular formula is C16H16F3N5O4S. The Kier molecular flexibility index (Phi) is 4.81. The van der Waals surface area contributed by atoms with Crippen molar-refractivity contribution in [1.82, 2.24) is 19.3 Å². The summed E-state index contributed by atoms with van der Waals surface area (Å²) in [4.78, 5) is 25.1. The molecule has 0 aliphatic carbocycles. The second kappa shape index (κ2) is 6.76. The van der Waals surface area contributed by atoms with E-state index in [-0.39, 0.29) is 43.7 Å². The van der Waals surface area contributed by atoms with Crippen molar-refractivity contribution in [3.63, 3.8) is 0 Å². The number of aromatic nitrogens is 4. The summed E-state index contributed by atoms with van der Waals surface area (Å²) in [6.45, 7) is 1.43. The Labute approximate surface area is 162 Å². The van der Waals surface area contributed by atoms with Crippen molar-refractivity contribution in [2.45, 2.75) is 18.0 Å². The maximum atomic E-state index is 13.3. The monoisotopic (exact) mass is 431 g/mol. The Morgan fingerprint density at radius 2 is 1.90 bits per heavy atom. The molecule has 0 spiro atoms. The van der Waals surface area contributed by atoms with Gasteiger partial charge in [0.25, 0.3) is 0 Å². The van der Waals surface area contributed by atoms with Gasteiger partial charge in [0.2, 0.25) is 0 Å². The average Bonchev–Trinajstić information content (AvgIpc) is 2.97. The third kappa shape index (κ3) is 3.30. The number of nitrogens with two attached hydrogens (primary N) is 1. The highest BCUT2D eigenvalue weighted by Gasteiger charge is 2.37. The van der Waals surface area contributed by atoms with E-state index in [0.29, 0.717) is 6.07 Å². The lowest BCUT2D eigenvalue weighted by Gasteiger charge is -2.13. The zero-order chi connectivity index (χ0) is 21.7. The third-order valence-corrected chi connectivity index (χ3v) is 6.04. The van der Waals surface area contributed by atoms with Crippen LogP contribution in [0.25, 0.3) is 22.6 Å². The molecule has 29 heavy (non-hydrogen) atoms. The van der Waals surface area contributed by atoms with Gasteiger partial charge < -0.3 is 15.1 Å². The Balaban J connectivity index is 2.44. The third-order valence-electron chi connectivity index (χ3n) is 4.28. The minimum absolute atomic E-state index is 0.0209. The van der Waals surface area contributed by atoms with Gasteiger partial charge in [-0.2, -0.15) is 13.2 Å². The lowest BCUT2D eigenvalue weighted by molar-refractivity contribution is -0.151. The van der Waals surface area contributed by atoms with Gasteiger partial charge >= 0.3 is 11.7 Å². The van der Waals surface area contributed by atoms with E-state index in [2.05, 4.69) is 14.8 Å². The molecule has 0 bridgehead atoms. The molecule has 0 atom stereocenters. The minimum atomic E-state index is -4.88.